The van der Waals surface area contributed by atoms with E-state index in [-0.39, 0.29) is 5.60 Å². The molecular weight excluding hydrogens is 224 g/mol. The zero-order chi connectivity index (χ0) is 13.2. The van der Waals surface area contributed by atoms with E-state index in [2.05, 4.69) is 25.7 Å². The second-order valence-electron chi connectivity index (χ2n) is 6.90. The van der Waals surface area contributed by atoms with Gasteiger partial charge >= 0.3 is 0 Å². The minimum atomic E-state index is -0.00632. The number of nitrogens with two attached hydrogens (primary N) is 1. The van der Waals surface area contributed by atoms with Gasteiger partial charge in [0.25, 0.3) is 0 Å². The van der Waals surface area contributed by atoms with Crippen molar-refractivity contribution in [1.29, 1.82) is 0 Å². The lowest BCUT2D eigenvalue weighted by atomic mass is 9.78. The molecule has 0 aromatic heterocycles. The number of ether oxygens (including phenoxy) is 1. The molecule has 2 fully saturated rings. The molecule has 0 amide bonds. The Morgan fingerprint density at radius 3 is 2.50 bits per heavy atom. The Labute approximate surface area is 112 Å². The van der Waals surface area contributed by atoms with Crippen molar-refractivity contribution < 1.29 is 4.74 Å². The first-order chi connectivity index (χ1) is 8.52. The van der Waals surface area contributed by atoms with Crippen LogP contribution in [-0.2, 0) is 4.74 Å². The van der Waals surface area contributed by atoms with Crippen molar-refractivity contribution in [3.63, 3.8) is 0 Å². The molecule has 0 aromatic carbocycles. The molecule has 3 nitrogen and oxygen atoms in total. The van der Waals surface area contributed by atoms with Gasteiger partial charge in [-0.25, -0.2) is 0 Å². The lowest BCUT2D eigenvalue weighted by molar-refractivity contribution is -0.104. The molecule has 106 valence electrons. The van der Waals surface area contributed by atoms with Crippen LogP contribution in [0, 0.1) is 11.8 Å². The number of hydrogen-bond acceptors (Lipinski definition) is 3. The summed E-state index contributed by atoms with van der Waals surface area (Å²) < 4.78 is 5.81. The van der Waals surface area contributed by atoms with E-state index in [9.17, 15) is 0 Å². The van der Waals surface area contributed by atoms with Gasteiger partial charge in [0.15, 0.2) is 0 Å². The second-order valence-corrected chi connectivity index (χ2v) is 6.90. The highest BCUT2D eigenvalue weighted by Crippen LogP contribution is 2.33. The fourth-order valence-corrected chi connectivity index (χ4v) is 3.65. The van der Waals surface area contributed by atoms with E-state index in [1.54, 1.807) is 0 Å². The van der Waals surface area contributed by atoms with Gasteiger partial charge in [-0.2, -0.15) is 0 Å². The van der Waals surface area contributed by atoms with Crippen LogP contribution in [0.2, 0.25) is 0 Å². The van der Waals surface area contributed by atoms with E-state index < -0.39 is 0 Å². The van der Waals surface area contributed by atoms with Crippen LogP contribution < -0.4 is 5.73 Å². The summed E-state index contributed by atoms with van der Waals surface area (Å²) in [6, 6.07) is 0.570. The lowest BCUT2D eigenvalue weighted by Crippen LogP contribution is -2.56. The summed E-state index contributed by atoms with van der Waals surface area (Å²) in [5, 5.41) is 0. The highest BCUT2D eigenvalue weighted by atomic mass is 16.5. The molecule has 1 saturated carbocycles. The van der Waals surface area contributed by atoms with Crippen LogP contribution in [-0.4, -0.2) is 42.8 Å². The Morgan fingerprint density at radius 1 is 1.28 bits per heavy atom. The second kappa shape index (κ2) is 5.89. The Hall–Kier alpha value is -0.120. The highest BCUT2D eigenvalue weighted by molar-refractivity contribution is 4.89. The molecular formula is C15H30N2O. The molecule has 0 radical (unpaired) electrons. The summed E-state index contributed by atoms with van der Waals surface area (Å²) in [6.07, 6.45) is 5.49. The fourth-order valence-electron chi connectivity index (χ4n) is 3.65. The first-order valence-corrected chi connectivity index (χ1v) is 7.60. The van der Waals surface area contributed by atoms with Gasteiger partial charge in [-0.1, -0.05) is 19.8 Å². The lowest BCUT2D eigenvalue weighted by Gasteiger charge is -2.45. The maximum Gasteiger partial charge on any atom is 0.0753 e. The van der Waals surface area contributed by atoms with Crippen molar-refractivity contribution in [3.05, 3.63) is 0 Å². The van der Waals surface area contributed by atoms with Gasteiger partial charge in [0, 0.05) is 25.7 Å². The van der Waals surface area contributed by atoms with Crippen LogP contribution in [0.25, 0.3) is 0 Å². The Morgan fingerprint density at radius 2 is 1.94 bits per heavy atom. The normalized spacial score (nSPS) is 35.3. The third-order valence-electron chi connectivity index (χ3n) is 4.77. The molecule has 18 heavy (non-hydrogen) atoms. The van der Waals surface area contributed by atoms with Crippen molar-refractivity contribution in [2.75, 3.05) is 26.2 Å². The largest absolute Gasteiger partial charge is 0.373 e. The van der Waals surface area contributed by atoms with Crippen molar-refractivity contribution in [3.8, 4) is 0 Å². The minimum absolute atomic E-state index is 0.00632. The fraction of sp³-hybridized carbons (Fsp3) is 1.00. The molecule has 1 heterocycles. The molecule has 1 saturated heterocycles. The maximum absolute atomic E-state index is 6.08. The molecule has 1 aliphatic heterocycles. The summed E-state index contributed by atoms with van der Waals surface area (Å²) in [6.45, 7) is 10.5. The predicted molar refractivity (Wildman–Crippen MR) is 75.6 cm³/mol. The summed E-state index contributed by atoms with van der Waals surface area (Å²) in [5.41, 5.74) is 6.07. The van der Waals surface area contributed by atoms with E-state index >= 15 is 0 Å². The average Bonchev–Trinajstić information content (AvgIpc) is 2.31. The minimum Gasteiger partial charge on any atom is -0.373 e. The van der Waals surface area contributed by atoms with Gasteiger partial charge in [-0.3, -0.25) is 4.90 Å². The van der Waals surface area contributed by atoms with E-state index in [0.29, 0.717) is 6.04 Å². The summed E-state index contributed by atoms with van der Waals surface area (Å²) in [4.78, 5) is 2.59. The van der Waals surface area contributed by atoms with Gasteiger partial charge in [-0.15, -0.1) is 0 Å². The Kier molecular flexibility index (Phi) is 4.68. The van der Waals surface area contributed by atoms with Crippen molar-refractivity contribution in [2.24, 2.45) is 17.6 Å². The molecule has 2 rings (SSSR count). The van der Waals surface area contributed by atoms with E-state index in [1.807, 2.05) is 0 Å². The van der Waals surface area contributed by atoms with Crippen LogP contribution >= 0.6 is 0 Å². The summed E-state index contributed by atoms with van der Waals surface area (Å²) >= 11 is 0. The molecule has 0 bridgehead atoms. The molecule has 0 aromatic rings. The van der Waals surface area contributed by atoms with Crippen LogP contribution in [0.1, 0.15) is 46.5 Å². The molecule has 2 N–H and O–H groups in total. The van der Waals surface area contributed by atoms with Gasteiger partial charge in [0.05, 0.1) is 12.2 Å². The van der Waals surface area contributed by atoms with Gasteiger partial charge in [0.1, 0.15) is 0 Å². The third kappa shape index (κ3) is 3.46. The standard InChI is InChI=1S/C15H30N2O/c1-12-4-6-13(7-5-12)14(10-16)17-8-9-18-15(2,3)11-17/h12-14H,4-11,16H2,1-3H3. The van der Waals surface area contributed by atoms with E-state index in [4.69, 9.17) is 10.5 Å². The quantitative estimate of drug-likeness (QED) is 0.839. The topological polar surface area (TPSA) is 38.5 Å². The monoisotopic (exact) mass is 254 g/mol. The molecule has 0 spiro atoms. The van der Waals surface area contributed by atoms with Crippen LogP contribution in [0.15, 0.2) is 0 Å². The molecule has 1 unspecified atom stereocenters. The van der Waals surface area contributed by atoms with Crippen LogP contribution in [0.3, 0.4) is 0 Å². The van der Waals surface area contributed by atoms with Gasteiger partial charge in [0.2, 0.25) is 0 Å². The van der Waals surface area contributed by atoms with Crippen molar-refractivity contribution >= 4 is 0 Å². The van der Waals surface area contributed by atoms with E-state index in [1.165, 1.54) is 25.7 Å². The first-order valence-electron chi connectivity index (χ1n) is 7.60. The molecule has 1 aliphatic carbocycles. The van der Waals surface area contributed by atoms with Crippen molar-refractivity contribution in [2.45, 2.75) is 58.1 Å². The van der Waals surface area contributed by atoms with Crippen LogP contribution in [0.5, 0.6) is 0 Å². The summed E-state index contributed by atoms with van der Waals surface area (Å²) in [5.74, 6) is 1.72. The number of rotatable bonds is 3. The SMILES string of the molecule is CC1CCC(C(CN)N2CCOC(C)(C)C2)CC1. The predicted octanol–water partition coefficient (Wildman–Crippen LogP) is 2.25. The van der Waals surface area contributed by atoms with Gasteiger partial charge in [-0.05, 0) is 38.5 Å². The van der Waals surface area contributed by atoms with Gasteiger partial charge < -0.3 is 10.5 Å². The van der Waals surface area contributed by atoms with Crippen molar-refractivity contribution in [1.82, 2.24) is 4.90 Å². The zero-order valence-electron chi connectivity index (χ0n) is 12.3. The zero-order valence-corrected chi connectivity index (χ0v) is 12.3. The summed E-state index contributed by atoms with van der Waals surface area (Å²) in [7, 11) is 0. The average molecular weight is 254 g/mol. The Balaban J connectivity index is 1.95. The highest BCUT2D eigenvalue weighted by Gasteiger charge is 2.35. The molecule has 2 aliphatic rings. The van der Waals surface area contributed by atoms with E-state index in [0.717, 1.165) is 38.1 Å². The van der Waals surface area contributed by atoms with Crippen LogP contribution in [0.4, 0.5) is 0 Å². The Bertz CT molecular complexity index is 259. The number of nitrogens with zero attached hydrogens (tertiary/aromatic N) is 1. The first kappa shape index (κ1) is 14.3. The molecule has 1 atom stereocenters. The maximum atomic E-state index is 6.08. The number of hydrogen-bond donors (Lipinski definition) is 1. The third-order valence-corrected chi connectivity index (χ3v) is 4.77. The molecule has 3 heteroatoms. The smallest absolute Gasteiger partial charge is 0.0753 e. The number of morpholine rings is 1.